The van der Waals surface area contributed by atoms with Crippen molar-refractivity contribution >= 4 is 17.2 Å². The summed E-state index contributed by atoms with van der Waals surface area (Å²) in [5, 5.41) is 4.96. The van der Waals surface area contributed by atoms with E-state index in [1.54, 1.807) is 23.5 Å². The number of halogens is 1. The first-order valence-electron chi connectivity index (χ1n) is 8.22. The lowest BCUT2D eigenvalue weighted by Gasteiger charge is -2.34. The van der Waals surface area contributed by atoms with Crippen molar-refractivity contribution in [2.45, 2.75) is 6.04 Å². The van der Waals surface area contributed by atoms with Gasteiger partial charge in [0, 0.05) is 30.6 Å². The lowest BCUT2D eigenvalue weighted by molar-refractivity contribution is -0.123. The number of ether oxygens (including phenoxy) is 2. The van der Waals surface area contributed by atoms with Gasteiger partial charge in [-0.25, -0.2) is 4.39 Å². The van der Waals surface area contributed by atoms with Gasteiger partial charge in [-0.3, -0.25) is 9.69 Å². The number of carbonyl (C=O) groups is 1. The highest BCUT2D eigenvalue weighted by molar-refractivity contribution is 7.10. The summed E-state index contributed by atoms with van der Waals surface area (Å²) in [6.07, 6.45) is 0. The van der Waals surface area contributed by atoms with E-state index in [2.05, 4.69) is 16.3 Å². The molecule has 1 fully saturated rings. The molecule has 1 aliphatic rings. The van der Waals surface area contributed by atoms with Crippen LogP contribution in [0, 0.1) is 5.82 Å². The highest BCUT2D eigenvalue weighted by atomic mass is 32.1. The number of morpholine rings is 1. The molecule has 0 saturated carbocycles. The monoisotopic (exact) mass is 364 g/mol. The molecule has 1 atom stereocenters. The van der Waals surface area contributed by atoms with Crippen LogP contribution in [-0.2, 0) is 9.53 Å². The number of thiophene rings is 1. The molecule has 0 aliphatic carbocycles. The topological polar surface area (TPSA) is 50.8 Å². The van der Waals surface area contributed by atoms with Gasteiger partial charge in [0.1, 0.15) is 11.6 Å². The maximum Gasteiger partial charge on any atom is 0.258 e. The molecule has 1 saturated heterocycles. The summed E-state index contributed by atoms with van der Waals surface area (Å²) >= 11 is 1.68. The average molecular weight is 364 g/mol. The molecule has 1 aliphatic heterocycles. The van der Waals surface area contributed by atoms with E-state index in [1.165, 1.54) is 17.0 Å². The summed E-state index contributed by atoms with van der Waals surface area (Å²) < 4.78 is 23.9. The van der Waals surface area contributed by atoms with E-state index in [0.717, 1.165) is 13.1 Å². The van der Waals surface area contributed by atoms with Gasteiger partial charge >= 0.3 is 0 Å². The Morgan fingerprint density at radius 2 is 2.16 bits per heavy atom. The summed E-state index contributed by atoms with van der Waals surface area (Å²) in [6, 6.07) is 9.99. The van der Waals surface area contributed by atoms with Gasteiger partial charge in [0.2, 0.25) is 0 Å². The summed E-state index contributed by atoms with van der Waals surface area (Å²) in [5.41, 5.74) is 0. The van der Waals surface area contributed by atoms with Gasteiger partial charge < -0.3 is 14.8 Å². The summed E-state index contributed by atoms with van der Waals surface area (Å²) in [7, 11) is 0. The Bertz CT molecular complexity index is 675. The minimum absolute atomic E-state index is 0.127. The van der Waals surface area contributed by atoms with Crippen molar-refractivity contribution in [2.24, 2.45) is 0 Å². The second kappa shape index (κ2) is 8.94. The van der Waals surface area contributed by atoms with Crippen LogP contribution in [0.5, 0.6) is 5.75 Å². The standard InChI is InChI=1S/C18H21FN2O3S/c19-14-3-1-4-15(11-14)24-13-18(22)20-12-16(17-5-2-10-25-17)21-6-8-23-9-7-21/h1-5,10-11,16H,6-9,12-13H2,(H,20,22)/t16-/m0/s1. The molecule has 0 radical (unpaired) electrons. The Kier molecular flexibility index (Phi) is 6.38. The highest BCUT2D eigenvalue weighted by Gasteiger charge is 2.23. The molecule has 0 bridgehead atoms. The van der Waals surface area contributed by atoms with Crippen molar-refractivity contribution in [3.8, 4) is 5.75 Å². The fourth-order valence-electron chi connectivity index (χ4n) is 2.75. The maximum atomic E-state index is 13.1. The Morgan fingerprint density at radius 1 is 1.32 bits per heavy atom. The number of carbonyl (C=O) groups excluding carboxylic acids is 1. The third kappa shape index (κ3) is 5.26. The molecule has 1 aromatic heterocycles. The van der Waals surface area contributed by atoms with Crippen LogP contribution < -0.4 is 10.1 Å². The highest BCUT2D eigenvalue weighted by Crippen LogP contribution is 2.25. The number of rotatable bonds is 7. The van der Waals surface area contributed by atoms with Gasteiger partial charge in [-0.2, -0.15) is 0 Å². The predicted molar refractivity (Wildman–Crippen MR) is 94.4 cm³/mol. The first-order valence-corrected chi connectivity index (χ1v) is 9.10. The number of hydrogen-bond acceptors (Lipinski definition) is 5. The van der Waals surface area contributed by atoms with Crippen molar-refractivity contribution < 1.29 is 18.7 Å². The first kappa shape index (κ1) is 17.8. The number of hydrogen-bond donors (Lipinski definition) is 1. The molecule has 1 N–H and O–H groups in total. The van der Waals surface area contributed by atoms with E-state index in [1.807, 2.05) is 11.4 Å². The maximum absolute atomic E-state index is 13.1. The van der Waals surface area contributed by atoms with E-state index in [9.17, 15) is 9.18 Å². The van der Waals surface area contributed by atoms with Crippen molar-refractivity contribution in [3.05, 3.63) is 52.5 Å². The van der Waals surface area contributed by atoms with Crippen LogP contribution in [0.3, 0.4) is 0 Å². The van der Waals surface area contributed by atoms with Crippen LogP contribution in [0.4, 0.5) is 4.39 Å². The van der Waals surface area contributed by atoms with Gasteiger partial charge in [-0.15, -0.1) is 11.3 Å². The van der Waals surface area contributed by atoms with Crippen molar-refractivity contribution in [1.29, 1.82) is 0 Å². The number of benzene rings is 1. The molecule has 2 aromatic rings. The fraction of sp³-hybridized carbons (Fsp3) is 0.389. The van der Waals surface area contributed by atoms with Gasteiger partial charge in [-0.05, 0) is 23.6 Å². The zero-order chi connectivity index (χ0) is 17.5. The second-order valence-electron chi connectivity index (χ2n) is 5.73. The van der Waals surface area contributed by atoms with Crippen molar-refractivity contribution in [1.82, 2.24) is 10.2 Å². The third-order valence-corrected chi connectivity index (χ3v) is 4.99. The van der Waals surface area contributed by atoms with Crippen LogP contribution in [0.25, 0.3) is 0 Å². The zero-order valence-corrected chi connectivity index (χ0v) is 14.6. The Hall–Kier alpha value is -1.96. The minimum atomic E-state index is -0.386. The Labute approximate surface area is 150 Å². The summed E-state index contributed by atoms with van der Waals surface area (Å²) in [4.78, 5) is 15.6. The number of nitrogens with one attached hydrogen (secondary N) is 1. The van der Waals surface area contributed by atoms with E-state index in [4.69, 9.17) is 9.47 Å². The fourth-order valence-corrected chi connectivity index (χ4v) is 3.61. The third-order valence-electron chi connectivity index (χ3n) is 4.02. The smallest absolute Gasteiger partial charge is 0.258 e. The molecule has 25 heavy (non-hydrogen) atoms. The van der Waals surface area contributed by atoms with Crippen molar-refractivity contribution in [3.63, 3.8) is 0 Å². The normalized spacial score (nSPS) is 16.4. The van der Waals surface area contributed by atoms with Gasteiger partial charge in [0.15, 0.2) is 6.61 Å². The second-order valence-corrected chi connectivity index (χ2v) is 6.71. The molecule has 1 amide bonds. The average Bonchev–Trinajstić information content (AvgIpc) is 3.15. The molecule has 134 valence electrons. The zero-order valence-electron chi connectivity index (χ0n) is 13.8. The van der Waals surface area contributed by atoms with Gasteiger partial charge in [0.05, 0.1) is 19.3 Å². The lowest BCUT2D eigenvalue weighted by Crippen LogP contribution is -2.44. The summed E-state index contributed by atoms with van der Waals surface area (Å²) in [6.45, 7) is 3.48. The largest absolute Gasteiger partial charge is 0.484 e. The quantitative estimate of drug-likeness (QED) is 0.820. The Morgan fingerprint density at radius 3 is 2.88 bits per heavy atom. The molecule has 1 aromatic carbocycles. The van der Waals surface area contributed by atoms with Crippen LogP contribution >= 0.6 is 11.3 Å². The summed E-state index contributed by atoms with van der Waals surface area (Å²) in [5.74, 6) is -0.264. The SMILES string of the molecule is O=C(COc1cccc(F)c1)NC[C@@H](c1cccs1)N1CCOCC1. The molecule has 2 heterocycles. The molecule has 0 spiro atoms. The predicted octanol–water partition coefficient (Wildman–Crippen LogP) is 2.46. The molecule has 0 unspecified atom stereocenters. The van der Waals surface area contributed by atoms with E-state index in [0.29, 0.717) is 25.5 Å². The van der Waals surface area contributed by atoms with Crippen LogP contribution in [0.1, 0.15) is 10.9 Å². The minimum Gasteiger partial charge on any atom is -0.484 e. The van der Waals surface area contributed by atoms with E-state index < -0.39 is 0 Å². The molecular formula is C18H21FN2O3S. The number of nitrogens with zero attached hydrogens (tertiary/aromatic N) is 1. The molecule has 5 nitrogen and oxygen atoms in total. The van der Waals surface area contributed by atoms with Gasteiger partial charge in [-0.1, -0.05) is 12.1 Å². The first-order chi connectivity index (χ1) is 12.2. The molecular weight excluding hydrogens is 343 g/mol. The van der Waals surface area contributed by atoms with Crippen LogP contribution in [0.15, 0.2) is 41.8 Å². The van der Waals surface area contributed by atoms with Gasteiger partial charge in [0.25, 0.3) is 5.91 Å². The lowest BCUT2D eigenvalue weighted by atomic mass is 10.2. The van der Waals surface area contributed by atoms with E-state index in [-0.39, 0.29) is 24.4 Å². The van der Waals surface area contributed by atoms with E-state index >= 15 is 0 Å². The molecule has 3 rings (SSSR count). The number of amides is 1. The van der Waals surface area contributed by atoms with Crippen LogP contribution in [0.2, 0.25) is 0 Å². The van der Waals surface area contributed by atoms with Crippen molar-refractivity contribution in [2.75, 3.05) is 39.5 Å². The molecule has 7 heteroatoms. The van der Waals surface area contributed by atoms with Crippen LogP contribution in [-0.4, -0.2) is 50.3 Å². The Balaban J connectivity index is 1.52.